The first kappa shape index (κ1) is 24.5. The van der Waals surface area contributed by atoms with E-state index in [-0.39, 0.29) is 23.7 Å². The Hall–Kier alpha value is -4.57. The summed E-state index contributed by atoms with van der Waals surface area (Å²) >= 11 is 0. The maximum Gasteiger partial charge on any atom is 0.272 e. The fourth-order valence-electron chi connectivity index (χ4n) is 6.07. The lowest BCUT2D eigenvalue weighted by Gasteiger charge is -2.61. The van der Waals surface area contributed by atoms with Crippen molar-refractivity contribution in [1.29, 1.82) is 0 Å². The molecule has 2 fully saturated rings. The first-order chi connectivity index (χ1) is 19.4. The first-order valence-electron chi connectivity index (χ1n) is 13.2. The van der Waals surface area contributed by atoms with Gasteiger partial charge in [0.1, 0.15) is 11.4 Å². The Balaban J connectivity index is 1.06. The van der Waals surface area contributed by atoms with Crippen molar-refractivity contribution in [2.24, 2.45) is 5.41 Å². The smallest absolute Gasteiger partial charge is 0.272 e. The quantitative estimate of drug-likeness (QED) is 0.342. The van der Waals surface area contributed by atoms with Crippen LogP contribution in [-0.4, -0.2) is 67.7 Å². The van der Waals surface area contributed by atoms with Crippen molar-refractivity contribution in [3.05, 3.63) is 80.6 Å². The van der Waals surface area contributed by atoms with Gasteiger partial charge < -0.3 is 14.4 Å². The monoisotopic (exact) mass is 537 g/mol. The molecule has 0 bridgehead atoms. The summed E-state index contributed by atoms with van der Waals surface area (Å²) < 4.78 is 10.7. The van der Waals surface area contributed by atoms with Gasteiger partial charge in [-0.3, -0.25) is 24.2 Å². The number of benzene rings is 2. The van der Waals surface area contributed by atoms with E-state index < -0.39 is 10.9 Å². The first-order valence-corrected chi connectivity index (χ1v) is 13.2. The van der Waals surface area contributed by atoms with Crippen LogP contribution in [0.15, 0.2) is 64.2 Å². The van der Waals surface area contributed by atoms with Crippen LogP contribution >= 0.6 is 0 Å². The molecule has 0 atom stereocenters. The van der Waals surface area contributed by atoms with Gasteiger partial charge in [0.2, 0.25) is 0 Å². The van der Waals surface area contributed by atoms with Crippen LogP contribution < -0.4 is 30.1 Å². The average molecular weight is 538 g/mol. The highest BCUT2D eigenvalue weighted by atomic mass is 16.5. The Morgan fingerprint density at radius 2 is 1.55 bits per heavy atom. The number of amides is 1. The number of likely N-dealkylation sites (N-methyl/N-ethyl adjacent to an activating group) is 1. The second kappa shape index (κ2) is 8.99. The minimum atomic E-state index is -0.524. The molecule has 1 spiro atoms. The van der Waals surface area contributed by atoms with Crippen molar-refractivity contribution in [2.75, 3.05) is 56.7 Å². The molecule has 0 aliphatic carbocycles. The predicted molar refractivity (Wildman–Crippen MR) is 150 cm³/mol. The molecule has 2 saturated heterocycles. The summed E-state index contributed by atoms with van der Waals surface area (Å²) in [6.45, 7) is 4.19. The Labute approximate surface area is 230 Å². The van der Waals surface area contributed by atoms with Gasteiger partial charge >= 0.3 is 0 Å². The molecule has 0 unspecified atom stereocenters. The molecular formula is C30H27N5O5. The molecule has 202 valence electrons. The molecule has 0 radical (unpaired) electrons. The second-order valence-corrected chi connectivity index (χ2v) is 10.9. The van der Waals surface area contributed by atoms with Gasteiger partial charge in [0.05, 0.1) is 12.8 Å². The van der Waals surface area contributed by atoms with Crippen LogP contribution in [0.25, 0.3) is 22.5 Å². The largest absolute Gasteiger partial charge is 0.491 e. The number of nitrogens with zero attached hydrogens (tertiary/aromatic N) is 5. The molecular weight excluding hydrogens is 510 g/mol. The summed E-state index contributed by atoms with van der Waals surface area (Å²) in [5.74, 6) is 0.799. The van der Waals surface area contributed by atoms with Crippen molar-refractivity contribution in [3.63, 3.8) is 0 Å². The molecule has 4 aromatic rings. The maximum atomic E-state index is 12.2. The fraction of sp³-hybridized carbons (Fsp3) is 0.300. The molecule has 0 saturated carbocycles. The molecule has 3 aliphatic rings. The van der Waals surface area contributed by atoms with E-state index in [1.807, 2.05) is 35.2 Å². The number of likely N-dealkylation sites (tertiary alicyclic amines) is 1. The minimum Gasteiger partial charge on any atom is -0.491 e. The molecule has 7 rings (SSSR count). The SMILES string of the molecule is COc1c(N2CC3(CN(Cc4ccc(-c5nc6c(nc5-c5ccccc5)N(C)C(=O)CO6)cc4)C3)C2)c(=O)c1=O. The minimum absolute atomic E-state index is 0.0596. The van der Waals surface area contributed by atoms with E-state index in [1.54, 1.807) is 7.05 Å². The number of ether oxygens (including phenoxy) is 2. The zero-order valence-corrected chi connectivity index (χ0v) is 22.2. The van der Waals surface area contributed by atoms with Crippen molar-refractivity contribution >= 4 is 17.4 Å². The number of aromatic nitrogens is 2. The van der Waals surface area contributed by atoms with Crippen molar-refractivity contribution in [2.45, 2.75) is 6.54 Å². The fourth-order valence-corrected chi connectivity index (χ4v) is 6.07. The van der Waals surface area contributed by atoms with Gasteiger partial charge in [-0.1, -0.05) is 54.6 Å². The molecule has 1 aromatic heterocycles. The van der Waals surface area contributed by atoms with Crippen molar-refractivity contribution < 1.29 is 14.3 Å². The van der Waals surface area contributed by atoms with Gasteiger partial charge in [0.25, 0.3) is 22.6 Å². The Bertz CT molecular complexity index is 1700. The van der Waals surface area contributed by atoms with E-state index in [0.29, 0.717) is 28.8 Å². The van der Waals surface area contributed by atoms with Gasteiger partial charge in [-0.25, -0.2) is 9.97 Å². The van der Waals surface area contributed by atoms with E-state index in [4.69, 9.17) is 19.4 Å². The lowest BCUT2D eigenvalue weighted by molar-refractivity contribution is -0.121. The average Bonchev–Trinajstić information content (AvgIpc) is 2.94. The Kier molecular flexibility index (Phi) is 5.50. The highest BCUT2D eigenvalue weighted by molar-refractivity contribution is 5.96. The van der Waals surface area contributed by atoms with Gasteiger partial charge in [-0.2, -0.15) is 0 Å². The number of anilines is 2. The van der Waals surface area contributed by atoms with E-state index in [1.165, 1.54) is 17.6 Å². The summed E-state index contributed by atoms with van der Waals surface area (Å²) in [6.07, 6.45) is 0. The van der Waals surface area contributed by atoms with Crippen LogP contribution in [0.1, 0.15) is 5.56 Å². The van der Waals surface area contributed by atoms with E-state index in [0.717, 1.165) is 43.9 Å². The molecule has 3 aliphatic heterocycles. The van der Waals surface area contributed by atoms with Crippen LogP contribution in [0, 0.1) is 5.41 Å². The normalized spacial score (nSPS) is 17.8. The number of carbonyl (C=O) groups excluding carboxylic acids is 1. The zero-order valence-electron chi connectivity index (χ0n) is 22.2. The molecule has 3 aromatic carbocycles. The van der Waals surface area contributed by atoms with Gasteiger partial charge in [0, 0.05) is 56.3 Å². The van der Waals surface area contributed by atoms with Crippen LogP contribution in [0.3, 0.4) is 0 Å². The third kappa shape index (κ3) is 3.78. The number of methoxy groups -OCH3 is 1. The van der Waals surface area contributed by atoms with Gasteiger partial charge in [-0.15, -0.1) is 0 Å². The number of carbonyl (C=O) groups is 1. The van der Waals surface area contributed by atoms with Gasteiger partial charge in [0.15, 0.2) is 18.2 Å². The third-order valence-electron chi connectivity index (χ3n) is 8.09. The maximum absolute atomic E-state index is 12.2. The lowest BCUT2D eigenvalue weighted by Crippen LogP contribution is -2.73. The summed E-state index contributed by atoms with van der Waals surface area (Å²) in [7, 11) is 3.12. The summed E-state index contributed by atoms with van der Waals surface area (Å²) in [4.78, 5) is 51.2. The van der Waals surface area contributed by atoms with Gasteiger partial charge in [-0.05, 0) is 5.56 Å². The molecule has 0 N–H and O–H groups in total. The highest BCUT2D eigenvalue weighted by Gasteiger charge is 2.53. The number of hydrogen-bond donors (Lipinski definition) is 0. The van der Waals surface area contributed by atoms with Crippen LogP contribution in [-0.2, 0) is 11.3 Å². The predicted octanol–water partition coefficient (Wildman–Crippen LogP) is 2.09. The van der Waals surface area contributed by atoms with Crippen LogP contribution in [0.2, 0.25) is 0 Å². The number of fused-ring (bicyclic) bond motifs is 1. The topological polar surface area (TPSA) is 105 Å². The number of hydrogen-bond acceptors (Lipinski definition) is 9. The zero-order chi connectivity index (χ0) is 27.6. The highest BCUT2D eigenvalue weighted by Crippen LogP contribution is 2.44. The second-order valence-electron chi connectivity index (χ2n) is 10.9. The molecule has 40 heavy (non-hydrogen) atoms. The summed E-state index contributed by atoms with van der Waals surface area (Å²) in [5, 5.41) is 0. The Morgan fingerprint density at radius 3 is 2.25 bits per heavy atom. The Morgan fingerprint density at radius 1 is 0.875 bits per heavy atom. The van der Waals surface area contributed by atoms with E-state index >= 15 is 0 Å². The summed E-state index contributed by atoms with van der Waals surface area (Å²) in [6, 6.07) is 18.1. The molecule has 4 heterocycles. The van der Waals surface area contributed by atoms with Crippen molar-refractivity contribution in [3.8, 4) is 34.1 Å². The summed E-state index contributed by atoms with van der Waals surface area (Å²) in [5.41, 5.74) is 4.05. The van der Waals surface area contributed by atoms with E-state index in [2.05, 4.69) is 29.2 Å². The lowest BCUT2D eigenvalue weighted by atomic mass is 9.72. The number of rotatable bonds is 6. The molecule has 1 amide bonds. The van der Waals surface area contributed by atoms with Crippen molar-refractivity contribution in [1.82, 2.24) is 14.9 Å². The molecule has 10 nitrogen and oxygen atoms in total. The van der Waals surface area contributed by atoms with Crippen LogP contribution in [0.4, 0.5) is 11.5 Å². The molecule has 10 heteroatoms. The van der Waals surface area contributed by atoms with Crippen LogP contribution in [0.5, 0.6) is 11.6 Å². The standard InChI is InChI=1S/C30H27N5O5/c1-33-21(36)13-40-29-28(33)31-22(19-6-4-3-5-7-19)23(32-29)20-10-8-18(9-11-20)12-34-14-30(15-34)16-35(17-30)24-25(37)26(38)27(24)39-2/h3-11H,12-17H2,1-2H3. The third-order valence-corrected chi connectivity index (χ3v) is 8.09. The van der Waals surface area contributed by atoms with E-state index in [9.17, 15) is 14.4 Å².